The minimum atomic E-state index is -3.70. The number of aliphatic hydroxyl groups is 1. The summed E-state index contributed by atoms with van der Waals surface area (Å²) in [6.07, 6.45) is 2.21. The van der Waals surface area contributed by atoms with Crippen molar-refractivity contribution < 1.29 is 18.3 Å². The number of ether oxygens (including phenoxy) is 1. The fourth-order valence-electron chi connectivity index (χ4n) is 1.78. The molecule has 0 bridgehead atoms. The molecule has 114 valence electrons. The Hall–Kier alpha value is -1.48. The zero-order valence-electron chi connectivity index (χ0n) is 11.4. The van der Waals surface area contributed by atoms with E-state index < -0.39 is 10.0 Å². The molecule has 1 aromatic heterocycles. The Bertz CT molecular complexity index is 684. The summed E-state index contributed by atoms with van der Waals surface area (Å²) in [5, 5.41) is 11.8. The molecule has 0 amide bonds. The second-order valence-electron chi connectivity index (χ2n) is 4.22. The van der Waals surface area contributed by atoms with Gasteiger partial charge in [-0.05, 0) is 17.7 Å². The quantitative estimate of drug-likeness (QED) is 0.796. The maximum Gasteiger partial charge on any atom is 0.244 e. The molecule has 0 spiro atoms. The van der Waals surface area contributed by atoms with Gasteiger partial charge in [0.15, 0.2) is 0 Å². The lowest BCUT2D eigenvalue weighted by atomic mass is 10.2. The number of methoxy groups -OCH3 is 1. The third-order valence-corrected chi connectivity index (χ3v) is 5.14. The number of benzene rings is 1. The minimum Gasteiger partial charge on any atom is -0.495 e. The first-order valence-corrected chi connectivity index (χ1v) is 8.59. The number of sulfonamides is 1. The van der Waals surface area contributed by atoms with Crippen LogP contribution in [0.1, 0.15) is 10.6 Å². The fraction of sp³-hybridized carbons (Fsp3) is 0.308. The van der Waals surface area contributed by atoms with Crippen LogP contribution in [0.5, 0.6) is 5.75 Å². The first-order valence-electron chi connectivity index (χ1n) is 6.22. The van der Waals surface area contributed by atoms with Gasteiger partial charge in [-0.15, -0.1) is 11.3 Å². The SMILES string of the molecule is COc1ccc(CO)cc1S(=O)(=O)NCCc1nccs1. The van der Waals surface area contributed by atoms with Gasteiger partial charge in [0.2, 0.25) is 10.0 Å². The number of hydrogen-bond donors (Lipinski definition) is 2. The second kappa shape index (κ2) is 6.99. The Morgan fingerprint density at radius 3 is 2.86 bits per heavy atom. The van der Waals surface area contributed by atoms with Crippen molar-refractivity contribution in [3.63, 3.8) is 0 Å². The van der Waals surface area contributed by atoms with E-state index >= 15 is 0 Å². The molecule has 0 fully saturated rings. The number of aliphatic hydroxyl groups excluding tert-OH is 1. The van der Waals surface area contributed by atoms with Crippen LogP contribution < -0.4 is 9.46 Å². The molecule has 0 radical (unpaired) electrons. The van der Waals surface area contributed by atoms with Gasteiger partial charge in [-0.25, -0.2) is 18.1 Å². The molecule has 0 saturated heterocycles. The Morgan fingerprint density at radius 1 is 1.43 bits per heavy atom. The van der Waals surface area contributed by atoms with Crippen LogP contribution in [0.3, 0.4) is 0 Å². The van der Waals surface area contributed by atoms with E-state index in [0.29, 0.717) is 12.0 Å². The van der Waals surface area contributed by atoms with Crippen molar-refractivity contribution in [2.75, 3.05) is 13.7 Å². The van der Waals surface area contributed by atoms with Gasteiger partial charge >= 0.3 is 0 Å². The molecule has 0 saturated carbocycles. The third kappa shape index (κ3) is 4.01. The van der Waals surface area contributed by atoms with Gasteiger partial charge in [0.05, 0.1) is 18.7 Å². The molecule has 8 heteroatoms. The van der Waals surface area contributed by atoms with Crippen LogP contribution in [-0.2, 0) is 23.1 Å². The van der Waals surface area contributed by atoms with Gasteiger partial charge in [-0.3, -0.25) is 0 Å². The summed E-state index contributed by atoms with van der Waals surface area (Å²) >= 11 is 1.48. The van der Waals surface area contributed by atoms with E-state index in [9.17, 15) is 8.42 Å². The molecule has 6 nitrogen and oxygen atoms in total. The standard InChI is InChI=1S/C13H16N2O4S2/c1-19-11-3-2-10(9-16)8-12(11)21(17,18)15-5-4-13-14-6-7-20-13/h2-3,6-8,15-16H,4-5,9H2,1H3. The van der Waals surface area contributed by atoms with Crippen molar-refractivity contribution in [2.45, 2.75) is 17.9 Å². The lowest BCUT2D eigenvalue weighted by molar-refractivity contribution is 0.281. The van der Waals surface area contributed by atoms with E-state index in [1.54, 1.807) is 12.3 Å². The van der Waals surface area contributed by atoms with Crippen molar-refractivity contribution in [3.8, 4) is 5.75 Å². The van der Waals surface area contributed by atoms with Crippen molar-refractivity contribution in [3.05, 3.63) is 40.3 Å². The first-order chi connectivity index (χ1) is 10.1. The van der Waals surface area contributed by atoms with Crippen molar-refractivity contribution in [2.24, 2.45) is 0 Å². The number of nitrogens with zero attached hydrogens (tertiary/aromatic N) is 1. The third-order valence-electron chi connectivity index (χ3n) is 2.81. The van der Waals surface area contributed by atoms with Crippen LogP contribution in [0.2, 0.25) is 0 Å². The van der Waals surface area contributed by atoms with Gasteiger partial charge in [0.1, 0.15) is 10.6 Å². The van der Waals surface area contributed by atoms with E-state index in [4.69, 9.17) is 9.84 Å². The molecule has 0 unspecified atom stereocenters. The van der Waals surface area contributed by atoms with Crippen molar-refractivity contribution in [1.82, 2.24) is 9.71 Å². The molecular formula is C13H16N2O4S2. The van der Waals surface area contributed by atoms with E-state index in [0.717, 1.165) is 5.01 Å². The molecule has 0 aliphatic heterocycles. The maximum absolute atomic E-state index is 12.3. The summed E-state index contributed by atoms with van der Waals surface area (Å²) in [5.41, 5.74) is 0.510. The van der Waals surface area contributed by atoms with Crippen LogP contribution >= 0.6 is 11.3 Å². The molecule has 2 aromatic rings. The molecule has 21 heavy (non-hydrogen) atoms. The highest BCUT2D eigenvalue weighted by atomic mass is 32.2. The summed E-state index contributed by atoms with van der Waals surface area (Å²) in [6, 6.07) is 4.55. The van der Waals surface area contributed by atoms with E-state index in [1.807, 2.05) is 5.38 Å². The highest BCUT2D eigenvalue weighted by molar-refractivity contribution is 7.89. The Balaban J connectivity index is 2.14. The number of thiazole rings is 1. The van der Waals surface area contributed by atoms with Crippen LogP contribution in [0.25, 0.3) is 0 Å². The molecule has 1 aromatic carbocycles. The summed E-state index contributed by atoms with van der Waals surface area (Å²) in [7, 11) is -2.29. The van der Waals surface area contributed by atoms with Gasteiger partial charge in [-0.1, -0.05) is 6.07 Å². The van der Waals surface area contributed by atoms with Gasteiger partial charge in [-0.2, -0.15) is 0 Å². The van der Waals surface area contributed by atoms with Crippen molar-refractivity contribution in [1.29, 1.82) is 0 Å². The highest BCUT2D eigenvalue weighted by Gasteiger charge is 2.19. The van der Waals surface area contributed by atoms with Crippen LogP contribution in [0, 0.1) is 0 Å². The predicted octanol–water partition coefficient (Wildman–Crippen LogP) is 1.16. The molecule has 0 aliphatic carbocycles. The Morgan fingerprint density at radius 2 is 2.24 bits per heavy atom. The molecular weight excluding hydrogens is 312 g/mol. The van der Waals surface area contributed by atoms with Gasteiger partial charge < -0.3 is 9.84 Å². The average molecular weight is 328 g/mol. The van der Waals surface area contributed by atoms with Crippen LogP contribution in [0.15, 0.2) is 34.7 Å². The summed E-state index contributed by atoms with van der Waals surface area (Å²) in [5.74, 6) is 0.244. The molecule has 2 N–H and O–H groups in total. The summed E-state index contributed by atoms with van der Waals surface area (Å²) < 4.78 is 32.2. The van der Waals surface area contributed by atoms with Crippen molar-refractivity contribution >= 4 is 21.4 Å². The fourth-order valence-corrected chi connectivity index (χ4v) is 3.65. The molecule has 2 rings (SSSR count). The molecule has 1 heterocycles. The largest absolute Gasteiger partial charge is 0.495 e. The van der Waals surface area contributed by atoms with E-state index in [-0.39, 0.29) is 23.8 Å². The van der Waals surface area contributed by atoms with Crippen LogP contribution in [0.4, 0.5) is 0 Å². The van der Waals surface area contributed by atoms with E-state index in [2.05, 4.69) is 9.71 Å². The zero-order chi connectivity index (χ0) is 15.3. The van der Waals surface area contributed by atoms with Crippen LogP contribution in [-0.4, -0.2) is 32.2 Å². The Kier molecular flexibility index (Phi) is 5.29. The summed E-state index contributed by atoms with van der Waals surface area (Å²) in [4.78, 5) is 4.12. The number of aromatic nitrogens is 1. The van der Waals surface area contributed by atoms with Gasteiger partial charge in [0.25, 0.3) is 0 Å². The zero-order valence-corrected chi connectivity index (χ0v) is 13.1. The second-order valence-corrected chi connectivity index (χ2v) is 6.93. The number of nitrogens with one attached hydrogen (secondary N) is 1. The topological polar surface area (TPSA) is 88.5 Å². The number of rotatable bonds is 7. The summed E-state index contributed by atoms with van der Waals surface area (Å²) in [6.45, 7) is 0.0218. The lowest BCUT2D eigenvalue weighted by Crippen LogP contribution is -2.26. The number of hydrogen-bond acceptors (Lipinski definition) is 6. The molecule has 0 aliphatic rings. The monoisotopic (exact) mass is 328 g/mol. The minimum absolute atomic E-state index is 0.0238. The highest BCUT2D eigenvalue weighted by Crippen LogP contribution is 2.24. The van der Waals surface area contributed by atoms with E-state index in [1.165, 1.54) is 30.6 Å². The lowest BCUT2D eigenvalue weighted by Gasteiger charge is -2.11. The van der Waals surface area contributed by atoms with Gasteiger partial charge in [0, 0.05) is 24.5 Å². The maximum atomic E-state index is 12.3. The predicted molar refractivity (Wildman–Crippen MR) is 79.9 cm³/mol. The smallest absolute Gasteiger partial charge is 0.244 e. The molecule has 0 atom stereocenters. The Labute approximate surface area is 127 Å². The first kappa shape index (κ1) is 15.9. The normalized spacial score (nSPS) is 11.5. The average Bonchev–Trinajstić information content (AvgIpc) is 2.99.